The van der Waals surface area contributed by atoms with Crippen molar-refractivity contribution in [1.29, 1.82) is 0 Å². The van der Waals surface area contributed by atoms with E-state index in [0.29, 0.717) is 62.8 Å². The predicted molar refractivity (Wildman–Crippen MR) is 131 cm³/mol. The van der Waals surface area contributed by atoms with Crippen LogP contribution in [0.25, 0.3) is 0 Å². The highest BCUT2D eigenvalue weighted by Gasteiger charge is 2.40. The molecule has 4 rings (SSSR count). The fourth-order valence-electron chi connectivity index (χ4n) is 4.70. The molecule has 12 heteroatoms. The summed E-state index contributed by atoms with van der Waals surface area (Å²) in [4.78, 5) is 31.7. The van der Waals surface area contributed by atoms with E-state index in [4.69, 9.17) is 16.3 Å². The van der Waals surface area contributed by atoms with Gasteiger partial charge >= 0.3 is 6.18 Å². The second kappa shape index (κ2) is 11.3. The van der Waals surface area contributed by atoms with E-state index in [1.807, 2.05) is 11.9 Å². The van der Waals surface area contributed by atoms with Crippen molar-refractivity contribution in [2.45, 2.75) is 32.0 Å². The number of nitrogens with zero attached hydrogens (tertiary/aromatic N) is 5. The molecule has 0 N–H and O–H groups in total. The van der Waals surface area contributed by atoms with Gasteiger partial charge in [-0.3, -0.25) is 14.3 Å². The maximum absolute atomic E-state index is 13.2. The Morgan fingerprint density at radius 3 is 2.19 bits per heavy atom. The number of rotatable bonds is 7. The molecule has 0 bridgehead atoms. The minimum atomic E-state index is -4.56. The van der Waals surface area contributed by atoms with E-state index in [9.17, 15) is 22.8 Å². The van der Waals surface area contributed by atoms with Crippen LogP contribution in [0.15, 0.2) is 36.5 Å². The molecule has 8 nitrogen and oxygen atoms in total. The summed E-state index contributed by atoms with van der Waals surface area (Å²) in [5.74, 6) is 0.409. The molecule has 1 aromatic carbocycles. The average molecular weight is 542 g/mol. The zero-order valence-corrected chi connectivity index (χ0v) is 21.5. The van der Waals surface area contributed by atoms with Crippen molar-refractivity contribution in [3.05, 3.63) is 47.2 Å². The Bertz CT molecular complexity index is 1080. The Morgan fingerprint density at radius 2 is 1.59 bits per heavy atom. The quantitative estimate of drug-likeness (QED) is 0.537. The fourth-order valence-corrected chi connectivity index (χ4v) is 4.82. The van der Waals surface area contributed by atoms with Gasteiger partial charge in [-0.2, -0.15) is 18.3 Å². The Morgan fingerprint density at radius 1 is 0.973 bits per heavy atom. The molecule has 0 unspecified atom stereocenters. The molecule has 2 aliphatic heterocycles. The third-order valence-corrected chi connectivity index (χ3v) is 7.40. The van der Waals surface area contributed by atoms with Crippen LogP contribution in [-0.4, -0.2) is 89.2 Å². The topological polar surface area (TPSA) is 70.9 Å². The van der Waals surface area contributed by atoms with Crippen LogP contribution in [0.4, 0.5) is 13.2 Å². The average Bonchev–Trinajstić information content (AvgIpc) is 3.34. The van der Waals surface area contributed by atoms with Crippen LogP contribution >= 0.6 is 11.6 Å². The summed E-state index contributed by atoms with van der Waals surface area (Å²) in [6.45, 7) is 3.81. The molecule has 3 heterocycles. The number of hydrogen-bond donors (Lipinski definition) is 0. The predicted octanol–water partition coefficient (Wildman–Crippen LogP) is 3.41. The van der Waals surface area contributed by atoms with Crippen LogP contribution < -0.4 is 4.74 Å². The van der Waals surface area contributed by atoms with Crippen molar-refractivity contribution in [3.63, 3.8) is 0 Å². The number of benzene rings is 1. The first-order valence-corrected chi connectivity index (χ1v) is 12.6. The highest BCUT2D eigenvalue weighted by molar-refractivity contribution is 6.30. The van der Waals surface area contributed by atoms with E-state index >= 15 is 0 Å². The molecule has 0 aliphatic carbocycles. The van der Waals surface area contributed by atoms with Crippen LogP contribution in [0.5, 0.6) is 5.75 Å². The number of aromatic nitrogens is 2. The summed E-state index contributed by atoms with van der Waals surface area (Å²) in [6, 6.07) is 7.87. The van der Waals surface area contributed by atoms with E-state index in [0.717, 1.165) is 30.0 Å². The van der Waals surface area contributed by atoms with Crippen LogP contribution in [0.3, 0.4) is 0 Å². The Balaban J connectivity index is 1.40. The van der Waals surface area contributed by atoms with Crippen LogP contribution in [0.1, 0.15) is 25.0 Å². The van der Waals surface area contributed by atoms with Gasteiger partial charge in [0.05, 0.1) is 6.61 Å². The number of piperazine rings is 1. The minimum absolute atomic E-state index is 0.0730. The van der Waals surface area contributed by atoms with Crippen LogP contribution in [-0.2, 0) is 22.3 Å². The smallest absolute Gasteiger partial charge is 0.435 e. The van der Waals surface area contributed by atoms with Gasteiger partial charge in [0, 0.05) is 62.3 Å². The summed E-state index contributed by atoms with van der Waals surface area (Å²) in [5, 5.41) is 4.07. The number of hydrogen-bond acceptors (Lipinski definition) is 5. The molecular formula is C25H31ClF3N5O3. The second-order valence-corrected chi connectivity index (χ2v) is 10.3. The number of halogens is 4. The van der Waals surface area contributed by atoms with Crippen LogP contribution in [0.2, 0.25) is 5.02 Å². The first-order chi connectivity index (χ1) is 17.5. The SMILES string of the molecule is CN1CCN(C(=O)CC2(COc3ccc(Cl)cc3)CCN(C(=O)Cn3ccc(C(F)(F)F)n3)CC2)CC1. The number of alkyl halides is 3. The van der Waals surface area contributed by atoms with E-state index in [2.05, 4.69) is 10.00 Å². The van der Waals surface area contributed by atoms with E-state index in [1.165, 1.54) is 0 Å². The molecule has 2 aromatic rings. The molecule has 0 radical (unpaired) electrons. The minimum Gasteiger partial charge on any atom is -0.493 e. The molecule has 0 atom stereocenters. The Kier molecular flexibility index (Phi) is 8.33. The standard InChI is InChI=1S/C25H31ClF3N5O3/c1-31-12-14-33(15-13-31)22(35)16-24(18-37-20-4-2-19(26)3-5-20)7-10-32(11-8-24)23(36)17-34-9-6-21(30-34)25(27,28)29/h2-6,9H,7-8,10-18H2,1H3. The van der Waals surface area contributed by atoms with Crippen LogP contribution in [0, 0.1) is 5.41 Å². The molecular weight excluding hydrogens is 511 g/mol. The number of carbonyl (C=O) groups is 2. The molecule has 2 fully saturated rings. The van der Waals surface area contributed by atoms with Crippen molar-refractivity contribution >= 4 is 23.4 Å². The molecule has 0 spiro atoms. The normalized spacial score (nSPS) is 18.6. The molecule has 37 heavy (non-hydrogen) atoms. The molecule has 202 valence electrons. The van der Waals surface area contributed by atoms with Crippen molar-refractivity contribution < 1.29 is 27.5 Å². The molecule has 0 saturated carbocycles. The number of likely N-dealkylation sites (N-methyl/N-ethyl adjacent to an activating group) is 1. The van der Waals surface area contributed by atoms with Gasteiger partial charge in [0.15, 0.2) is 5.69 Å². The van der Waals surface area contributed by atoms with Gasteiger partial charge in [-0.1, -0.05) is 11.6 Å². The molecule has 2 aliphatic rings. The zero-order valence-electron chi connectivity index (χ0n) is 20.7. The molecule has 2 amide bonds. The maximum atomic E-state index is 13.2. The Labute approximate surface area is 218 Å². The second-order valence-electron chi connectivity index (χ2n) is 9.88. The van der Waals surface area contributed by atoms with E-state index < -0.39 is 17.3 Å². The van der Waals surface area contributed by atoms with Gasteiger partial charge in [-0.25, -0.2) is 0 Å². The first-order valence-electron chi connectivity index (χ1n) is 12.3. The summed E-state index contributed by atoms with van der Waals surface area (Å²) < 4.78 is 45.6. The Hall–Kier alpha value is -2.79. The number of piperidine rings is 1. The van der Waals surface area contributed by atoms with E-state index in [-0.39, 0.29) is 18.4 Å². The summed E-state index contributed by atoms with van der Waals surface area (Å²) in [6.07, 6.45) is -2.01. The highest BCUT2D eigenvalue weighted by atomic mass is 35.5. The molecule has 1 aromatic heterocycles. The lowest BCUT2D eigenvalue weighted by atomic mass is 9.75. The van der Waals surface area contributed by atoms with Crippen molar-refractivity contribution in [1.82, 2.24) is 24.5 Å². The van der Waals surface area contributed by atoms with Gasteiger partial charge in [0.1, 0.15) is 12.3 Å². The summed E-state index contributed by atoms with van der Waals surface area (Å²) in [5.41, 5.74) is -1.49. The monoisotopic (exact) mass is 541 g/mol. The lowest BCUT2D eigenvalue weighted by Crippen LogP contribution is -2.51. The molecule has 2 saturated heterocycles. The van der Waals surface area contributed by atoms with Crippen molar-refractivity contribution in [2.75, 3.05) is 52.9 Å². The number of likely N-dealkylation sites (tertiary alicyclic amines) is 1. The third-order valence-electron chi connectivity index (χ3n) is 7.15. The lowest BCUT2D eigenvalue weighted by Gasteiger charge is -2.42. The van der Waals surface area contributed by atoms with Gasteiger partial charge in [-0.15, -0.1) is 0 Å². The first kappa shape index (κ1) is 27.3. The van der Waals surface area contributed by atoms with Crippen molar-refractivity contribution in [2.24, 2.45) is 5.41 Å². The van der Waals surface area contributed by atoms with Gasteiger partial charge in [0.25, 0.3) is 0 Å². The number of ether oxygens (including phenoxy) is 1. The third kappa shape index (κ3) is 7.16. The van der Waals surface area contributed by atoms with Gasteiger partial charge in [-0.05, 0) is 50.2 Å². The number of amides is 2. The van der Waals surface area contributed by atoms with E-state index in [1.54, 1.807) is 29.2 Å². The van der Waals surface area contributed by atoms with Gasteiger partial charge < -0.3 is 19.4 Å². The van der Waals surface area contributed by atoms with Gasteiger partial charge in [0.2, 0.25) is 11.8 Å². The summed E-state index contributed by atoms with van der Waals surface area (Å²) in [7, 11) is 2.03. The highest BCUT2D eigenvalue weighted by Crippen LogP contribution is 2.37. The number of carbonyl (C=O) groups excluding carboxylic acids is 2. The largest absolute Gasteiger partial charge is 0.493 e. The fraction of sp³-hybridized carbons (Fsp3) is 0.560. The maximum Gasteiger partial charge on any atom is 0.435 e. The zero-order chi connectivity index (χ0) is 26.6. The lowest BCUT2D eigenvalue weighted by molar-refractivity contribution is -0.143. The summed E-state index contributed by atoms with van der Waals surface area (Å²) >= 11 is 5.97. The van der Waals surface area contributed by atoms with Crippen molar-refractivity contribution in [3.8, 4) is 5.75 Å².